The molecular weight excluding hydrogens is 280 g/mol. The van der Waals surface area contributed by atoms with Crippen LogP contribution in [0.1, 0.15) is 0 Å². The van der Waals surface area contributed by atoms with Crippen LogP contribution in [-0.4, -0.2) is 31.7 Å². The second-order valence-electron chi connectivity index (χ2n) is 4.19. The molecule has 1 aromatic carbocycles. The number of hydrogen-bond donors (Lipinski definition) is 3. The Balaban J connectivity index is 0.00000144. The molecular formula is C12H19BrN4. The van der Waals surface area contributed by atoms with Gasteiger partial charge in [-0.1, -0.05) is 0 Å². The first-order chi connectivity index (χ1) is 7.74. The van der Waals surface area contributed by atoms with Crippen LogP contribution >= 0.6 is 0 Å². The summed E-state index contributed by atoms with van der Waals surface area (Å²) >= 11 is 0. The molecule has 4 nitrogen and oxygen atoms in total. The number of nitrogen functional groups attached to an aromatic ring is 1. The maximum Gasteiger partial charge on any atom is 0.156 e. The maximum atomic E-state index is 5.62. The number of benzene rings is 1. The number of anilines is 2. The van der Waals surface area contributed by atoms with Gasteiger partial charge in [0.15, 0.2) is 6.67 Å². The summed E-state index contributed by atoms with van der Waals surface area (Å²) in [4.78, 5) is 3.67. The SMILES string of the molecule is CN1C=C[NH+](CCNc2ccc(N)cc2)C1.[Br-]. The molecule has 1 heterocycles. The van der Waals surface area contributed by atoms with Crippen molar-refractivity contribution >= 4 is 11.4 Å². The number of nitrogens with two attached hydrogens (primary N) is 1. The molecule has 2 rings (SSSR count). The van der Waals surface area contributed by atoms with E-state index < -0.39 is 0 Å². The van der Waals surface area contributed by atoms with Crippen molar-refractivity contribution in [1.82, 2.24) is 4.90 Å². The molecule has 0 amide bonds. The molecule has 0 aliphatic carbocycles. The molecule has 0 spiro atoms. The zero-order valence-corrected chi connectivity index (χ0v) is 11.6. The van der Waals surface area contributed by atoms with Gasteiger partial charge in [0.05, 0.1) is 12.7 Å². The van der Waals surface area contributed by atoms with E-state index in [-0.39, 0.29) is 17.0 Å². The van der Waals surface area contributed by atoms with E-state index in [2.05, 4.69) is 29.7 Å². The number of nitrogens with zero attached hydrogens (tertiary/aromatic N) is 1. The fraction of sp³-hybridized carbons (Fsp3) is 0.333. The van der Waals surface area contributed by atoms with Crippen LogP contribution in [0.15, 0.2) is 36.7 Å². The molecule has 0 radical (unpaired) electrons. The van der Waals surface area contributed by atoms with E-state index in [1.54, 1.807) is 0 Å². The second kappa shape index (κ2) is 6.51. The van der Waals surface area contributed by atoms with Crippen LogP contribution in [0, 0.1) is 0 Å². The fourth-order valence-corrected chi connectivity index (χ4v) is 1.79. The van der Waals surface area contributed by atoms with Gasteiger partial charge in [-0.2, -0.15) is 0 Å². The predicted octanol–water partition coefficient (Wildman–Crippen LogP) is -3.06. The van der Waals surface area contributed by atoms with Crippen molar-refractivity contribution in [3.05, 3.63) is 36.7 Å². The van der Waals surface area contributed by atoms with E-state index in [4.69, 9.17) is 5.73 Å². The normalized spacial score (nSPS) is 17.9. The van der Waals surface area contributed by atoms with E-state index in [1.807, 2.05) is 24.3 Å². The Morgan fingerprint density at radius 2 is 2.06 bits per heavy atom. The van der Waals surface area contributed by atoms with Gasteiger partial charge in [0.2, 0.25) is 0 Å². The number of quaternary nitrogens is 1. The molecule has 1 aliphatic rings. The lowest BCUT2D eigenvalue weighted by Crippen LogP contribution is -3.07. The molecule has 1 aromatic rings. The molecule has 94 valence electrons. The van der Waals surface area contributed by atoms with Crippen LogP contribution in [0.25, 0.3) is 0 Å². The molecule has 0 saturated carbocycles. The molecule has 0 saturated heterocycles. The minimum atomic E-state index is 0. The molecule has 1 atom stereocenters. The summed E-state index contributed by atoms with van der Waals surface area (Å²) in [6.07, 6.45) is 4.32. The highest BCUT2D eigenvalue weighted by Crippen LogP contribution is 2.09. The third kappa shape index (κ3) is 4.28. The van der Waals surface area contributed by atoms with Gasteiger partial charge in [-0.25, -0.2) is 0 Å². The zero-order valence-electron chi connectivity index (χ0n) is 9.99. The predicted molar refractivity (Wildman–Crippen MR) is 66.9 cm³/mol. The molecule has 1 aliphatic heterocycles. The highest BCUT2D eigenvalue weighted by atomic mass is 79.9. The standard InChI is InChI=1S/C12H18N4.BrH/c1-15-8-9-16(10-15)7-6-14-12-4-2-11(13)3-5-12;/h2-5,8-9,14H,6-7,10,13H2,1H3;1H. The smallest absolute Gasteiger partial charge is 0.156 e. The van der Waals surface area contributed by atoms with Gasteiger partial charge >= 0.3 is 0 Å². The first-order valence-electron chi connectivity index (χ1n) is 5.56. The molecule has 5 heteroatoms. The molecule has 1 unspecified atom stereocenters. The summed E-state index contributed by atoms with van der Waals surface area (Å²) in [5.41, 5.74) is 7.56. The number of nitrogens with one attached hydrogen (secondary N) is 2. The number of halogens is 1. The number of hydrogen-bond acceptors (Lipinski definition) is 3. The van der Waals surface area contributed by atoms with Crippen LogP contribution in [-0.2, 0) is 0 Å². The largest absolute Gasteiger partial charge is 1.00 e. The molecule has 0 fully saturated rings. The van der Waals surface area contributed by atoms with Crippen LogP contribution in [0.3, 0.4) is 0 Å². The van der Waals surface area contributed by atoms with Crippen LogP contribution in [0.5, 0.6) is 0 Å². The summed E-state index contributed by atoms with van der Waals surface area (Å²) < 4.78 is 0. The van der Waals surface area contributed by atoms with Gasteiger partial charge in [0.1, 0.15) is 12.7 Å². The van der Waals surface area contributed by atoms with Crippen molar-refractivity contribution in [2.45, 2.75) is 0 Å². The maximum absolute atomic E-state index is 5.62. The van der Waals surface area contributed by atoms with E-state index in [1.165, 1.54) is 4.90 Å². The molecule has 4 N–H and O–H groups in total. The van der Waals surface area contributed by atoms with Crippen LogP contribution in [0.4, 0.5) is 11.4 Å². The first kappa shape index (κ1) is 13.9. The van der Waals surface area contributed by atoms with Crippen molar-refractivity contribution in [3.63, 3.8) is 0 Å². The minimum absolute atomic E-state index is 0. The minimum Gasteiger partial charge on any atom is -1.00 e. The fourth-order valence-electron chi connectivity index (χ4n) is 1.79. The Bertz CT molecular complexity index is 363. The first-order valence-corrected chi connectivity index (χ1v) is 5.56. The van der Waals surface area contributed by atoms with Gasteiger partial charge in [0.25, 0.3) is 0 Å². The highest BCUT2D eigenvalue weighted by molar-refractivity contribution is 5.51. The van der Waals surface area contributed by atoms with Gasteiger partial charge in [-0.3, -0.25) is 4.90 Å². The van der Waals surface area contributed by atoms with Crippen LogP contribution < -0.4 is 32.9 Å². The van der Waals surface area contributed by atoms with E-state index in [0.29, 0.717) is 0 Å². The highest BCUT2D eigenvalue weighted by Gasteiger charge is 2.12. The summed E-state index contributed by atoms with van der Waals surface area (Å²) in [7, 11) is 2.09. The second-order valence-corrected chi connectivity index (χ2v) is 4.19. The summed E-state index contributed by atoms with van der Waals surface area (Å²) in [5, 5.41) is 3.38. The van der Waals surface area contributed by atoms with Crippen molar-refractivity contribution in [1.29, 1.82) is 0 Å². The third-order valence-electron chi connectivity index (χ3n) is 2.70. The Morgan fingerprint density at radius 3 is 2.65 bits per heavy atom. The van der Waals surface area contributed by atoms with Crippen molar-refractivity contribution in [2.75, 3.05) is 37.9 Å². The van der Waals surface area contributed by atoms with E-state index in [0.717, 1.165) is 31.1 Å². The summed E-state index contributed by atoms with van der Waals surface area (Å²) in [6, 6.07) is 7.85. The Kier molecular flexibility index (Phi) is 5.31. The van der Waals surface area contributed by atoms with Crippen molar-refractivity contribution in [2.24, 2.45) is 0 Å². The Hall–Kier alpha value is -1.20. The molecule has 0 bridgehead atoms. The van der Waals surface area contributed by atoms with E-state index in [9.17, 15) is 0 Å². The third-order valence-corrected chi connectivity index (χ3v) is 2.70. The Labute approximate surface area is 113 Å². The summed E-state index contributed by atoms with van der Waals surface area (Å²) in [6.45, 7) is 3.12. The lowest BCUT2D eigenvalue weighted by atomic mass is 10.3. The molecule has 0 aromatic heterocycles. The topological polar surface area (TPSA) is 45.7 Å². The lowest BCUT2D eigenvalue weighted by Gasteiger charge is -2.13. The van der Waals surface area contributed by atoms with Gasteiger partial charge in [-0.05, 0) is 24.3 Å². The lowest BCUT2D eigenvalue weighted by molar-refractivity contribution is -0.846. The monoisotopic (exact) mass is 298 g/mol. The van der Waals surface area contributed by atoms with Gasteiger partial charge in [0, 0.05) is 18.4 Å². The van der Waals surface area contributed by atoms with Crippen molar-refractivity contribution < 1.29 is 21.9 Å². The quantitative estimate of drug-likeness (QED) is 0.518. The van der Waals surface area contributed by atoms with Gasteiger partial charge < -0.3 is 32.9 Å². The molecule has 17 heavy (non-hydrogen) atoms. The Morgan fingerprint density at radius 1 is 1.35 bits per heavy atom. The zero-order chi connectivity index (χ0) is 11.4. The average molecular weight is 299 g/mol. The summed E-state index contributed by atoms with van der Waals surface area (Å²) in [5.74, 6) is 0. The van der Waals surface area contributed by atoms with Crippen molar-refractivity contribution in [3.8, 4) is 0 Å². The average Bonchev–Trinajstić information content (AvgIpc) is 2.67. The van der Waals surface area contributed by atoms with Gasteiger partial charge in [-0.15, -0.1) is 0 Å². The van der Waals surface area contributed by atoms with Crippen LogP contribution in [0.2, 0.25) is 0 Å². The van der Waals surface area contributed by atoms with E-state index >= 15 is 0 Å². The number of rotatable bonds is 4.